The lowest BCUT2D eigenvalue weighted by Crippen LogP contribution is -2.34. The van der Waals surface area contributed by atoms with Gasteiger partial charge in [0.05, 0.1) is 0 Å². The van der Waals surface area contributed by atoms with Crippen molar-refractivity contribution in [2.75, 3.05) is 6.54 Å². The van der Waals surface area contributed by atoms with Gasteiger partial charge in [0, 0.05) is 6.08 Å². The largest absolute Gasteiger partial charge is 0.389 e. The third-order valence-corrected chi connectivity index (χ3v) is 8.22. The monoisotopic (exact) mass is 480 g/mol. The number of hydrogen-bond acceptors (Lipinski definition) is 5. The Hall–Kier alpha value is -2.24. The Labute approximate surface area is 211 Å². The Morgan fingerprint density at radius 2 is 1.74 bits per heavy atom. The van der Waals surface area contributed by atoms with Crippen molar-refractivity contribution in [1.82, 2.24) is 0 Å². The van der Waals surface area contributed by atoms with E-state index in [2.05, 4.69) is 58.9 Å². The Kier molecular flexibility index (Phi) is 8.12. The molecule has 5 heteroatoms. The van der Waals surface area contributed by atoms with Gasteiger partial charge in [0.15, 0.2) is 0 Å². The topological polar surface area (TPSA) is 95.4 Å². The van der Waals surface area contributed by atoms with E-state index >= 15 is 0 Å². The lowest BCUT2D eigenvalue weighted by atomic mass is 9.62. The Morgan fingerprint density at radius 1 is 1.09 bits per heavy atom. The van der Waals surface area contributed by atoms with Crippen molar-refractivity contribution in [2.24, 2.45) is 17.4 Å². The second-order valence-electron chi connectivity index (χ2n) is 12.1. The molecule has 0 radical (unpaired) electrons. The molecule has 0 unspecified atom stereocenters. The highest BCUT2D eigenvalue weighted by atomic mass is 16.6. The molecule has 0 aliphatic heterocycles. The minimum atomic E-state index is -0.797. The van der Waals surface area contributed by atoms with Crippen LogP contribution in [0.25, 0.3) is 0 Å². The molecule has 0 amide bonds. The zero-order chi connectivity index (χ0) is 26.0. The van der Waals surface area contributed by atoms with Gasteiger partial charge in [-0.1, -0.05) is 71.4 Å². The zero-order valence-electron chi connectivity index (χ0n) is 22.4. The molecule has 192 valence electrons. The van der Waals surface area contributed by atoms with Crippen LogP contribution in [0, 0.1) is 5.92 Å². The summed E-state index contributed by atoms with van der Waals surface area (Å²) in [4.78, 5) is 24.1. The molecular weight excluding hydrogens is 436 g/mol. The van der Waals surface area contributed by atoms with Gasteiger partial charge in [0.2, 0.25) is 0 Å². The SMILES string of the molecule is CC(/C=C/[C@@H]1C[C@]1(C)c1ccc2c(c1)C(C)(C)CCC2(C)C)=C\C(=O)OC(=O)[C@@H](N)CCCCN. The molecule has 0 spiro atoms. The number of esters is 2. The second-order valence-corrected chi connectivity index (χ2v) is 12.1. The zero-order valence-corrected chi connectivity index (χ0v) is 22.4. The van der Waals surface area contributed by atoms with Gasteiger partial charge in [0.1, 0.15) is 6.04 Å². The average Bonchev–Trinajstić information content (AvgIpc) is 3.46. The Bertz CT molecular complexity index is 1020. The summed E-state index contributed by atoms with van der Waals surface area (Å²) in [6, 6.07) is 6.33. The van der Waals surface area contributed by atoms with E-state index in [1.54, 1.807) is 0 Å². The molecule has 1 fully saturated rings. The van der Waals surface area contributed by atoms with Crippen LogP contribution in [0.15, 0.2) is 42.0 Å². The van der Waals surface area contributed by atoms with E-state index in [1.165, 1.54) is 35.6 Å². The normalized spacial score (nSPS) is 25.7. The highest BCUT2D eigenvalue weighted by molar-refractivity contribution is 5.94. The average molecular weight is 481 g/mol. The minimum absolute atomic E-state index is 0.107. The van der Waals surface area contributed by atoms with Crippen LogP contribution in [0.3, 0.4) is 0 Å². The molecule has 3 atom stereocenters. The van der Waals surface area contributed by atoms with Gasteiger partial charge >= 0.3 is 11.9 Å². The number of allylic oxidation sites excluding steroid dienone is 3. The van der Waals surface area contributed by atoms with Crippen molar-refractivity contribution >= 4 is 11.9 Å². The van der Waals surface area contributed by atoms with Crippen LogP contribution in [-0.2, 0) is 30.6 Å². The highest BCUT2D eigenvalue weighted by Crippen LogP contribution is 2.56. The Balaban J connectivity index is 1.62. The predicted molar refractivity (Wildman–Crippen MR) is 142 cm³/mol. The molecule has 2 aliphatic carbocycles. The van der Waals surface area contributed by atoms with Gasteiger partial charge in [-0.2, -0.15) is 0 Å². The first kappa shape index (κ1) is 27.3. The van der Waals surface area contributed by atoms with Gasteiger partial charge in [-0.3, -0.25) is 0 Å². The van der Waals surface area contributed by atoms with Gasteiger partial charge < -0.3 is 16.2 Å². The fraction of sp³-hybridized carbons (Fsp3) is 0.600. The van der Waals surface area contributed by atoms with Gasteiger partial charge in [0.25, 0.3) is 0 Å². The molecule has 1 aromatic carbocycles. The van der Waals surface area contributed by atoms with Crippen LogP contribution in [0.2, 0.25) is 0 Å². The van der Waals surface area contributed by atoms with Crippen LogP contribution < -0.4 is 11.5 Å². The van der Waals surface area contributed by atoms with Crippen molar-refractivity contribution in [3.8, 4) is 0 Å². The van der Waals surface area contributed by atoms with Crippen LogP contribution >= 0.6 is 0 Å². The van der Waals surface area contributed by atoms with Crippen molar-refractivity contribution in [2.45, 2.75) is 102 Å². The van der Waals surface area contributed by atoms with E-state index in [0.29, 0.717) is 18.9 Å². The molecule has 1 saturated carbocycles. The summed E-state index contributed by atoms with van der Waals surface area (Å²) in [5.41, 5.74) is 16.9. The molecule has 3 rings (SSSR count). The van der Waals surface area contributed by atoms with E-state index in [0.717, 1.165) is 24.8 Å². The minimum Gasteiger partial charge on any atom is -0.389 e. The summed E-state index contributed by atoms with van der Waals surface area (Å²) >= 11 is 0. The van der Waals surface area contributed by atoms with Crippen LogP contribution in [0.1, 0.15) is 96.8 Å². The number of ether oxygens (including phenoxy) is 1. The van der Waals surface area contributed by atoms with Gasteiger partial charge in [-0.15, -0.1) is 0 Å². The van der Waals surface area contributed by atoms with Crippen molar-refractivity contribution in [3.05, 3.63) is 58.7 Å². The Morgan fingerprint density at radius 3 is 2.40 bits per heavy atom. The van der Waals surface area contributed by atoms with Crippen LogP contribution in [0.5, 0.6) is 0 Å². The summed E-state index contributed by atoms with van der Waals surface area (Å²) in [7, 11) is 0. The number of nitrogens with two attached hydrogens (primary N) is 2. The quantitative estimate of drug-likeness (QED) is 0.163. The molecule has 5 nitrogen and oxygen atoms in total. The van der Waals surface area contributed by atoms with E-state index in [1.807, 2.05) is 13.0 Å². The molecule has 1 aromatic rings. The maximum absolute atomic E-state index is 12.1. The maximum atomic E-state index is 12.1. The van der Waals surface area contributed by atoms with Crippen molar-refractivity contribution < 1.29 is 14.3 Å². The fourth-order valence-electron chi connectivity index (χ4n) is 5.29. The number of unbranched alkanes of at least 4 members (excludes halogenated alkanes) is 1. The molecule has 0 bridgehead atoms. The lowest BCUT2D eigenvalue weighted by Gasteiger charge is -2.42. The van der Waals surface area contributed by atoms with Gasteiger partial charge in [-0.25, -0.2) is 9.59 Å². The highest BCUT2D eigenvalue weighted by Gasteiger charge is 2.50. The predicted octanol–water partition coefficient (Wildman–Crippen LogP) is 5.34. The van der Waals surface area contributed by atoms with Crippen LogP contribution in [-0.4, -0.2) is 24.5 Å². The number of carbonyl (C=O) groups is 2. The third kappa shape index (κ3) is 6.31. The molecular formula is C30H44N2O3. The molecule has 0 aromatic heterocycles. The fourth-order valence-corrected chi connectivity index (χ4v) is 5.29. The summed E-state index contributed by atoms with van der Waals surface area (Å²) in [6.45, 7) is 14.2. The standard InChI is InChI=1S/C30H44N2O3/c1-20(17-26(33)35-27(34)25(32)9-7-8-16-31)10-11-22-19-30(22,6)21-12-13-23-24(18-21)29(4,5)15-14-28(23,2)3/h10-13,17-18,22,25H,7-9,14-16,19,31-32H2,1-6H3/b11-10+,20-17+/t22-,25+,30-/m1/s1. The van der Waals surface area contributed by atoms with Crippen molar-refractivity contribution in [3.63, 3.8) is 0 Å². The molecule has 35 heavy (non-hydrogen) atoms. The van der Waals surface area contributed by atoms with E-state index in [4.69, 9.17) is 16.2 Å². The summed E-state index contributed by atoms with van der Waals surface area (Å²) in [5, 5.41) is 0. The van der Waals surface area contributed by atoms with E-state index < -0.39 is 18.0 Å². The van der Waals surface area contributed by atoms with Crippen molar-refractivity contribution in [1.29, 1.82) is 0 Å². The van der Waals surface area contributed by atoms with Crippen LogP contribution in [0.4, 0.5) is 0 Å². The van der Waals surface area contributed by atoms with E-state index in [9.17, 15) is 9.59 Å². The van der Waals surface area contributed by atoms with Gasteiger partial charge in [-0.05, 0) is 90.0 Å². The van der Waals surface area contributed by atoms with E-state index in [-0.39, 0.29) is 16.2 Å². The molecule has 0 heterocycles. The second kappa shape index (κ2) is 10.4. The number of benzene rings is 1. The summed E-state index contributed by atoms with van der Waals surface area (Å²) in [6.07, 6.45) is 11.0. The first-order chi connectivity index (χ1) is 16.3. The number of fused-ring (bicyclic) bond motifs is 1. The lowest BCUT2D eigenvalue weighted by molar-refractivity contribution is -0.157. The molecule has 0 saturated heterocycles. The number of carbonyl (C=O) groups excluding carboxylic acids is 2. The summed E-state index contributed by atoms with van der Waals surface area (Å²) in [5.74, 6) is -0.949. The summed E-state index contributed by atoms with van der Waals surface area (Å²) < 4.78 is 4.89. The maximum Gasteiger partial charge on any atom is 0.338 e. The molecule has 2 aliphatic rings. The third-order valence-electron chi connectivity index (χ3n) is 8.22. The first-order valence-corrected chi connectivity index (χ1v) is 13.0. The number of hydrogen-bond donors (Lipinski definition) is 2. The smallest absolute Gasteiger partial charge is 0.338 e. The molecule has 4 N–H and O–H groups in total. The number of rotatable bonds is 9. The first-order valence-electron chi connectivity index (χ1n) is 13.0.